The number of benzene rings is 1. The largest absolute Gasteiger partial charge is 0.142 e. The van der Waals surface area contributed by atoms with Gasteiger partial charge in [0.2, 0.25) is 0 Å². The minimum Gasteiger partial charge on any atom is -0.142 e. The molecule has 74 valence electrons. The summed E-state index contributed by atoms with van der Waals surface area (Å²) >= 11 is 12.3. The average Bonchev–Trinajstić information content (AvgIpc) is 2.55. The predicted octanol–water partition coefficient (Wildman–Crippen LogP) is 4.49. The van der Waals surface area contributed by atoms with Gasteiger partial charge in [-0.15, -0.1) is 35.6 Å². The number of thiol groups is 1. The fraction of sp³-hybridized carbons (Fsp3) is 0.273. The molecule has 1 heterocycles. The summed E-state index contributed by atoms with van der Waals surface area (Å²) in [5.74, 6) is 0.578. The zero-order valence-electron chi connectivity index (χ0n) is 7.88. The van der Waals surface area contributed by atoms with Crippen molar-refractivity contribution in [2.75, 3.05) is 0 Å². The molecule has 0 aliphatic carbocycles. The Morgan fingerprint density at radius 3 is 2.86 bits per heavy atom. The monoisotopic (exact) mass is 242 g/mol. The third-order valence-corrected chi connectivity index (χ3v) is 4.68. The molecule has 0 atom stereocenters. The quantitative estimate of drug-likeness (QED) is 0.582. The molecule has 1 aromatic carbocycles. The van der Waals surface area contributed by atoms with Crippen LogP contribution in [-0.2, 0) is 12.3 Å². The molecule has 0 aliphatic rings. The molecule has 14 heavy (non-hydrogen) atoms. The molecule has 0 unspecified atom stereocenters. The van der Waals surface area contributed by atoms with E-state index in [0.717, 1.165) is 11.3 Å². The van der Waals surface area contributed by atoms with Gasteiger partial charge in [0.05, 0.1) is 0 Å². The van der Waals surface area contributed by atoms with Gasteiger partial charge in [-0.05, 0) is 12.0 Å². The first-order chi connectivity index (χ1) is 6.77. The molecule has 0 saturated carbocycles. The topological polar surface area (TPSA) is 0 Å². The number of hydrogen-bond donors (Lipinski definition) is 1. The van der Waals surface area contributed by atoms with E-state index in [-0.39, 0.29) is 0 Å². The van der Waals surface area contributed by atoms with Gasteiger partial charge in [0.25, 0.3) is 0 Å². The van der Waals surface area contributed by atoms with Crippen LogP contribution in [0.15, 0.2) is 23.1 Å². The molecule has 0 spiro atoms. The minimum absolute atomic E-state index is 0.578. The van der Waals surface area contributed by atoms with E-state index in [1.54, 1.807) is 0 Å². The summed E-state index contributed by atoms with van der Waals surface area (Å²) in [6.07, 6.45) is 1.04. The molecule has 3 heteroatoms. The van der Waals surface area contributed by atoms with Gasteiger partial charge in [0.15, 0.2) is 0 Å². The van der Waals surface area contributed by atoms with Crippen molar-refractivity contribution in [3.63, 3.8) is 0 Å². The number of aryl methyl sites for hydroxylation is 1. The smallest absolute Gasteiger partial charge is 0.0488 e. The van der Waals surface area contributed by atoms with Crippen LogP contribution in [0, 0.1) is 0 Å². The van der Waals surface area contributed by atoms with Crippen LogP contribution in [0.4, 0.5) is 0 Å². The van der Waals surface area contributed by atoms with Crippen molar-refractivity contribution in [3.8, 4) is 0 Å². The highest BCUT2D eigenvalue weighted by atomic mass is 35.5. The Bertz CT molecular complexity index is 460. The Labute approximate surface area is 98.3 Å². The standard InChI is InChI=1S/C11H11ClS2/c1-2-9-10(13)8-5-3-4-7(6-12)11(8)14-9/h3-5,13H,2,6H2,1H3. The highest BCUT2D eigenvalue weighted by Gasteiger charge is 2.09. The third-order valence-electron chi connectivity index (χ3n) is 2.31. The van der Waals surface area contributed by atoms with Gasteiger partial charge in [-0.25, -0.2) is 0 Å². The third kappa shape index (κ3) is 1.56. The summed E-state index contributed by atoms with van der Waals surface area (Å²) in [6, 6.07) is 6.24. The van der Waals surface area contributed by atoms with E-state index in [0.29, 0.717) is 5.88 Å². The van der Waals surface area contributed by atoms with Crippen LogP contribution < -0.4 is 0 Å². The van der Waals surface area contributed by atoms with Gasteiger partial charge in [-0.3, -0.25) is 0 Å². The van der Waals surface area contributed by atoms with E-state index in [1.807, 2.05) is 17.4 Å². The van der Waals surface area contributed by atoms with Gasteiger partial charge in [-0.2, -0.15) is 0 Å². The van der Waals surface area contributed by atoms with Crippen LogP contribution >= 0.6 is 35.6 Å². The Morgan fingerprint density at radius 2 is 2.21 bits per heavy atom. The maximum atomic E-state index is 5.89. The van der Waals surface area contributed by atoms with E-state index >= 15 is 0 Å². The van der Waals surface area contributed by atoms with Crippen molar-refractivity contribution in [1.29, 1.82) is 0 Å². The lowest BCUT2D eigenvalue weighted by Crippen LogP contribution is -1.76. The number of thiophene rings is 1. The van der Waals surface area contributed by atoms with Crippen molar-refractivity contribution in [2.24, 2.45) is 0 Å². The maximum Gasteiger partial charge on any atom is 0.0488 e. The lowest BCUT2D eigenvalue weighted by molar-refractivity contribution is 1.15. The van der Waals surface area contributed by atoms with E-state index in [9.17, 15) is 0 Å². The second kappa shape index (κ2) is 4.13. The number of fused-ring (bicyclic) bond motifs is 1. The van der Waals surface area contributed by atoms with Gasteiger partial charge >= 0.3 is 0 Å². The summed E-state index contributed by atoms with van der Waals surface area (Å²) in [7, 11) is 0. The Balaban J connectivity index is 2.77. The first-order valence-electron chi connectivity index (χ1n) is 4.56. The van der Waals surface area contributed by atoms with Crippen LogP contribution in [-0.4, -0.2) is 0 Å². The van der Waals surface area contributed by atoms with Crippen LogP contribution in [0.3, 0.4) is 0 Å². The lowest BCUT2D eigenvalue weighted by atomic mass is 10.2. The Morgan fingerprint density at radius 1 is 1.43 bits per heavy atom. The van der Waals surface area contributed by atoms with E-state index in [2.05, 4.69) is 31.7 Å². The molecule has 0 radical (unpaired) electrons. The number of hydrogen-bond acceptors (Lipinski definition) is 2. The van der Waals surface area contributed by atoms with E-state index < -0.39 is 0 Å². The fourth-order valence-corrected chi connectivity index (χ4v) is 3.57. The molecule has 2 rings (SSSR count). The number of alkyl halides is 1. The van der Waals surface area contributed by atoms with Crippen molar-refractivity contribution >= 4 is 45.7 Å². The molecule has 0 saturated heterocycles. The summed E-state index contributed by atoms with van der Waals surface area (Å²) in [4.78, 5) is 2.47. The first kappa shape index (κ1) is 10.3. The highest BCUT2D eigenvalue weighted by Crippen LogP contribution is 2.36. The van der Waals surface area contributed by atoms with E-state index in [4.69, 9.17) is 11.6 Å². The van der Waals surface area contributed by atoms with Crippen molar-refractivity contribution in [2.45, 2.75) is 24.1 Å². The average molecular weight is 243 g/mol. The van der Waals surface area contributed by atoms with Crippen LogP contribution in [0.25, 0.3) is 10.1 Å². The fourth-order valence-electron chi connectivity index (χ4n) is 1.56. The summed E-state index contributed by atoms with van der Waals surface area (Å²) < 4.78 is 1.30. The minimum atomic E-state index is 0.578. The second-order valence-corrected chi connectivity index (χ2v) is 4.97. The number of rotatable bonds is 2. The van der Waals surface area contributed by atoms with Gasteiger partial charge < -0.3 is 0 Å². The molecule has 0 fully saturated rings. The van der Waals surface area contributed by atoms with Crippen molar-refractivity contribution in [3.05, 3.63) is 28.6 Å². The van der Waals surface area contributed by atoms with Crippen LogP contribution in [0.2, 0.25) is 0 Å². The van der Waals surface area contributed by atoms with Crippen LogP contribution in [0.5, 0.6) is 0 Å². The first-order valence-corrected chi connectivity index (χ1v) is 6.36. The van der Waals surface area contributed by atoms with Gasteiger partial charge in [0, 0.05) is 25.7 Å². The second-order valence-electron chi connectivity index (χ2n) is 3.15. The molecule has 0 aliphatic heterocycles. The summed E-state index contributed by atoms with van der Waals surface area (Å²) in [5, 5.41) is 1.24. The molecular weight excluding hydrogens is 232 g/mol. The van der Waals surface area contributed by atoms with Crippen molar-refractivity contribution < 1.29 is 0 Å². The highest BCUT2D eigenvalue weighted by molar-refractivity contribution is 7.80. The van der Waals surface area contributed by atoms with Crippen LogP contribution in [0.1, 0.15) is 17.4 Å². The van der Waals surface area contributed by atoms with E-state index in [1.165, 1.54) is 20.5 Å². The molecule has 1 aromatic heterocycles. The lowest BCUT2D eigenvalue weighted by Gasteiger charge is -1.96. The summed E-state index contributed by atoms with van der Waals surface area (Å²) in [6.45, 7) is 2.16. The molecule has 0 amide bonds. The Hall–Kier alpha value is -0.180. The van der Waals surface area contributed by atoms with Gasteiger partial charge in [0.1, 0.15) is 0 Å². The molecule has 2 aromatic rings. The zero-order chi connectivity index (χ0) is 10.1. The molecular formula is C11H11ClS2. The normalized spacial score (nSPS) is 11.1. The van der Waals surface area contributed by atoms with Crippen molar-refractivity contribution in [1.82, 2.24) is 0 Å². The molecule has 0 bridgehead atoms. The van der Waals surface area contributed by atoms with Gasteiger partial charge in [-0.1, -0.05) is 25.1 Å². The number of halogens is 1. The molecule has 0 N–H and O–H groups in total. The maximum absolute atomic E-state index is 5.89. The summed E-state index contributed by atoms with van der Waals surface area (Å²) in [5.41, 5.74) is 1.21. The zero-order valence-corrected chi connectivity index (χ0v) is 10.3. The molecule has 0 nitrogen and oxygen atoms in total. The SMILES string of the molecule is CCc1sc2c(CCl)cccc2c1S. The Kier molecular flexibility index (Phi) is 3.05. The predicted molar refractivity (Wildman–Crippen MR) is 68.0 cm³/mol.